The number of aliphatic hydroxyl groups excluding tert-OH is 9. The van der Waals surface area contributed by atoms with E-state index in [2.05, 4.69) is 10.6 Å². The molecule has 17 atom stereocenters. The smallest absolute Gasteiger partial charge is 0.364 e. The molecule has 0 bridgehead atoms. The summed E-state index contributed by atoms with van der Waals surface area (Å²) in [4.78, 5) is 48.1. The highest BCUT2D eigenvalue weighted by Gasteiger charge is 2.57. The second-order valence-electron chi connectivity index (χ2n) is 12.5. The van der Waals surface area contributed by atoms with Gasteiger partial charge in [-0.05, 0) is 0 Å². The van der Waals surface area contributed by atoms with Crippen LogP contribution in [0, 0.1) is 0 Å². The topological polar surface area (TPSA) is 396 Å². The fraction of sp³-hybridized carbons (Fsp3) is 0.857. The first-order valence-electron chi connectivity index (χ1n) is 15.9. The van der Waals surface area contributed by atoms with E-state index in [4.69, 9.17) is 34.2 Å². The van der Waals surface area contributed by atoms with Crippen LogP contribution in [-0.2, 0) is 47.6 Å². The Morgan fingerprint density at radius 1 is 0.865 bits per heavy atom. The number of aliphatic carboxylic acids is 2. The Bertz CT molecular complexity index is 1230. The van der Waals surface area contributed by atoms with E-state index in [1.807, 2.05) is 0 Å². The highest BCUT2D eigenvalue weighted by molar-refractivity contribution is 5.76. The Morgan fingerprint density at radius 3 is 2.00 bits per heavy atom. The molecule has 3 rings (SSSR count). The van der Waals surface area contributed by atoms with Crippen molar-refractivity contribution in [2.75, 3.05) is 26.4 Å². The van der Waals surface area contributed by atoms with Crippen molar-refractivity contribution in [2.45, 2.75) is 124 Å². The molecule has 0 aromatic carbocycles. The largest absolute Gasteiger partial charge is 0.480 e. The molecule has 3 heterocycles. The molecule has 24 nitrogen and oxygen atoms in total. The predicted molar refractivity (Wildman–Crippen MR) is 161 cm³/mol. The molecule has 2 amide bonds. The van der Waals surface area contributed by atoms with Crippen LogP contribution in [0.15, 0.2) is 0 Å². The molecule has 52 heavy (non-hydrogen) atoms. The molecule has 0 unspecified atom stereocenters. The van der Waals surface area contributed by atoms with Crippen molar-refractivity contribution in [3.05, 3.63) is 0 Å². The van der Waals surface area contributed by atoms with Gasteiger partial charge in [0.25, 0.3) is 5.79 Å². The fourth-order valence-electron chi connectivity index (χ4n) is 5.85. The zero-order chi connectivity index (χ0) is 39.2. The average molecular weight is 762 g/mol. The van der Waals surface area contributed by atoms with Gasteiger partial charge in [0.15, 0.2) is 12.6 Å². The van der Waals surface area contributed by atoms with Crippen LogP contribution >= 0.6 is 0 Å². The molecule has 3 fully saturated rings. The first kappa shape index (κ1) is 43.6. The number of carboxylic acids is 2. The van der Waals surface area contributed by atoms with Crippen LogP contribution in [-0.4, -0.2) is 210 Å². The minimum Gasteiger partial charge on any atom is -0.480 e. The molecule has 15 N–H and O–H groups in total. The number of carbonyl (C=O) groups is 4. The normalized spacial score (nSPS) is 39.9. The quantitative estimate of drug-likeness (QED) is 0.0694. The number of hydrogen-bond donors (Lipinski definition) is 14. The minimum absolute atomic E-state index is 0.751. The minimum atomic E-state index is -2.91. The Morgan fingerprint density at radius 2 is 1.46 bits per heavy atom. The molecule has 0 aromatic rings. The third-order valence-electron chi connectivity index (χ3n) is 8.61. The standard InChI is InChI=1S/C28H47N3O21/c1-8(34)30-15-11(36)3-28(27(45)46,52-23(15)17(38)12(37)4-32)48-7-14-19(40)22(51-26-21(42)20(41)18(39)13(5-33)49-26)16(31-9(2)35)25(50-14)47-6-10(29)24(43)44/h10-23,25-26,32-33,36-42H,3-7,29H2,1-2H3,(H,30,34)(H,31,35)(H,43,44)(H,45,46)/t10-,11-,12+,13+,14+,15+,16+,17+,18-,19-,20-,21+,22+,23+,25-,26-,28+/m0/s1. The molecule has 24 heteroatoms. The lowest BCUT2D eigenvalue weighted by molar-refractivity contribution is -0.354. The van der Waals surface area contributed by atoms with E-state index in [1.54, 1.807) is 0 Å². The summed E-state index contributed by atoms with van der Waals surface area (Å²) in [6.07, 6.45) is -25.4. The van der Waals surface area contributed by atoms with Crippen molar-refractivity contribution >= 4 is 23.8 Å². The Hall–Kier alpha value is -2.76. The van der Waals surface area contributed by atoms with Crippen molar-refractivity contribution in [3.8, 4) is 0 Å². The molecule has 3 saturated heterocycles. The van der Waals surface area contributed by atoms with Crippen LogP contribution in [0.3, 0.4) is 0 Å². The molecular weight excluding hydrogens is 714 g/mol. The fourth-order valence-corrected chi connectivity index (χ4v) is 5.85. The van der Waals surface area contributed by atoms with Gasteiger partial charge in [-0.25, -0.2) is 4.79 Å². The molecule has 0 aliphatic carbocycles. The van der Waals surface area contributed by atoms with Crippen molar-refractivity contribution in [1.29, 1.82) is 0 Å². The first-order chi connectivity index (χ1) is 24.3. The maximum Gasteiger partial charge on any atom is 0.364 e. The van der Waals surface area contributed by atoms with Gasteiger partial charge in [-0.2, -0.15) is 0 Å². The monoisotopic (exact) mass is 761 g/mol. The van der Waals surface area contributed by atoms with E-state index in [-0.39, 0.29) is 0 Å². The summed E-state index contributed by atoms with van der Waals surface area (Å²) in [7, 11) is 0. The lowest BCUT2D eigenvalue weighted by Gasteiger charge is -2.49. The van der Waals surface area contributed by atoms with Crippen molar-refractivity contribution in [2.24, 2.45) is 5.73 Å². The summed E-state index contributed by atoms with van der Waals surface area (Å²) in [5, 5.41) is 117. The van der Waals surface area contributed by atoms with Crippen molar-refractivity contribution < 1.29 is 104 Å². The van der Waals surface area contributed by atoms with Gasteiger partial charge in [0.05, 0.1) is 38.6 Å². The van der Waals surface area contributed by atoms with Gasteiger partial charge in [0.1, 0.15) is 73.1 Å². The second kappa shape index (κ2) is 18.5. The summed E-state index contributed by atoms with van der Waals surface area (Å²) in [5.41, 5.74) is 5.55. The Balaban J connectivity index is 1.99. The number of nitrogens with two attached hydrogens (primary N) is 1. The number of rotatable bonds is 16. The summed E-state index contributed by atoms with van der Waals surface area (Å²) >= 11 is 0. The van der Waals surface area contributed by atoms with E-state index in [9.17, 15) is 75.3 Å². The summed E-state index contributed by atoms with van der Waals surface area (Å²) in [6, 6.07) is -4.79. The summed E-state index contributed by atoms with van der Waals surface area (Å²) < 4.78 is 33.5. The molecule has 0 radical (unpaired) electrons. The summed E-state index contributed by atoms with van der Waals surface area (Å²) in [6.45, 7) is -1.66. The van der Waals surface area contributed by atoms with Gasteiger partial charge in [-0.1, -0.05) is 0 Å². The maximum absolute atomic E-state index is 12.7. The van der Waals surface area contributed by atoms with Gasteiger partial charge in [-0.3, -0.25) is 14.4 Å². The number of hydrogen-bond acceptors (Lipinski definition) is 20. The first-order valence-corrected chi connectivity index (χ1v) is 15.9. The van der Waals surface area contributed by atoms with Crippen LogP contribution in [0.5, 0.6) is 0 Å². The van der Waals surface area contributed by atoms with Crippen LogP contribution in [0.4, 0.5) is 0 Å². The summed E-state index contributed by atoms with van der Waals surface area (Å²) in [5.74, 6) is -7.88. The van der Waals surface area contributed by atoms with E-state index < -0.39 is 160 Å². The SMILES string of the molecule is CC(=O)N[C@H]1[C@@H](OC[C@H](N)C(=O)O)O[C@H](CO[C@]2(C(=O)O)C[C@H](O)[C@@H](NC(C)=O)[C@H]([C@H](O)[C@H](O)CO)O2)[C@H](O)[C@@H]1O[C@@H]1O[C@H](CO)[C@H](O)[C@H](O)[C@H]1O. The van der Waals surface area contributed by atoms with Gasteiger partial charge in [0, 0.05) is 20.3 Å². The molecule has 0 spiro atoms. The number of aliphatic hydroxyl groups is 9. The number of ether oxygens (including phenoxy) is 6. The zero-order valence-electron chi connectivity index (χ0n) is 27.9. The molecule has 3 aliphatic heterocycles. The van der Waals surface area contributed by atoms with Crippen LogP contribution in [0.2, 0.25) is 0 Å². The third-order valence-corrected chi connectivity index (χ3v) is 8.61. The van der Waals surface area contributed by atoms with Gasteiger partial charge < -0.3 is 101 Å². The number of amides is 2. The second-order valence-corrected chi connectivity index (χ2v) is 12.5. The van der Waals surface area contributed by atoms with Gasteiger partial charge >= 0.3 is 11.9 Å². The highest BCUT2D eigenvalue weighted by Crippen LogP contribution is 2.36. The van der Waals surface area contributed by atoms with Gasteiger partial charge in [-0.15, -0.1) is 0 Å². The number of nitrogens with one attached hydrogen (secondary N) is 2. The molecular formula is C28H47N3O21. The lowest BCUT2D eigenvalue weighted by Crippen LogP contribution is -2.69. The van der Waals surface area contributed by atoms with E-state index >= 15 is 0 Å². The molecule has 0 saturated carbocycles. The number of carboxylic acid groups (broad SMARTS) is 2. The third kappa shape index (κ3) is 10.1. The van der Waals surface area contributed by atoms with E-state index in [1.165, 1.54) is 0 Å². The maximum atomic E-state index is 12.7. The van der Waals surface area contributed by atoms with Crippen LogP contribution < -0.4 is 16.4 Å². The Labute approximate surface area is 294 Å². The molecule has 3 aliphatic rings. The molecule has 300 valence electrons. The van der Waals surface area contributed by atoms with Gasteiger partial charge in [0.2, 0.25) is 11.8 Å². The van der Waals surface area contributed by atoms with Crippen molar-refractivity contribution in [3.63, 3.8) is 0 Å². The van der Waals surface area contributed by atoms with Crippen LogP contribution in [0.25, 0.3) is 0 Å². The molecule has 0 aromatic heterocycles. The number of carbonyl (C=O) groups excluding carboxylic acids is 2. The van der Waals surface area contributed by atoms with E-state index in [0.717, 1.165) is 13.8 Å². The highest BCUT2D eigenvalue weighted by atomic mass is 16.8. The Kier molecular flexibility index (Phi) is 15.5. The zero-order valence-corrected chi connectivity index (χ0v) is 27.9. The lowest BCUT2D eigenvalue weighted by atomic mass is 9.88. The predicted octanol–water partition coefficient (Wildman–Crippen LogP) is -8.64. The van der Waals surface area contributed by atoms with Crippen molar-refractivity contribution in [1.82, 2.24) is 10.6 Å². The van der Waals surface area contributed by atoms with E-state index in [0.29, 0.717) is 0 Å². The average Bonchev–Trinajstić information content (AvgIpc) is 3.08. The van der Waals surface area contributed by atoms with Crippen LogP contribution in [0.1, 0.15) is 20.3 Å².